The molecule has 2 aromatic heterocycles. The topological polar surface area (TPSA) is 63.1 Å². The Morgan fingerprint density at radius 2 is 2.04 bits per heavy atom. The van der Waals surface area contributed by atoms with Crippen LogP contribution in [0.25, 0.3) is 21.3 Å². The molecule has 1 N–H and O–H groups in total. The first-order chi connectivity index (χ1) is 11.1. The van der Waals surface area contributed by atoms with Crippen LogP contribution >= 0.6 is 23.1 Å². The second-order valence-electron chi connectivity index (χ2n) is 5.11. The minimum atomic E-state index is -0.808. The highest BCUT2D eigenvalue weighted by atomic mass is 32.2. The van der Waals surface area contributed by atoms with Gasteiger partial charge in [0, 0.05) is 10.4 Å². The maximum absolute atomic E-state index is 11.4. The smallest absolute Gasteiger partial charge is 0.317 e. The zero-order valence-electron chi connectivity index (χ0n) is 12.8. The van der Waals surface area contributed by atoms with E-state index in [4.69, 9.17) is 0 Å². The minimum absolute atomic E-state index is 0.503. The summed E-state index contributed by atoms with van der Waals surface area (Å²) in [4.78, 5) is 22.2. The van der Waals surface area contributed by atoms with Crippen molar-refractivity contribution in [2.45, 2.75) is 30.5 Å². The lowest BCUT2D eigenvalue weighted by Crippen LogP contribution is -2.15. The molecule has 23 heavy (non-hydrogen) atoms. The number of carbonyl (C=O) groups is 1. The molecule has 1 aromatic carbocycles. The van der Waals surface area contributed by atoms with Crippen LogP contribution in [0.3, 0.4) is 0 Å². The molecule has 0 saturated carbocycles. The second-order valence-corrected chi connectivity index (χ2v) is 7.51. The fourth-order valence-electron chi connectivity index (χ4n) is 2.50. The lowest BCUT2D eigenvalue weighted by Gasteiger charge is -2.10. The first-order valence-electron chi connectivity index (χ1n) is 7.30. The molecule has 3 rings (SSSR count). The van der Waals surface area contributed by atoms with Crippen molar-refractivity contribution < 1.29 is 9.90 Å². The Morgan fingerprint density at radius 1 is 1.30 bits per heavy atom. The van der Waals surface area contributed by atoms with E-state index in [-0.39, 0.29) is 0 Å². The highest BCUT2D eigenvalue weighted by Crippen LogP contribution is 2.42. The number of nitrogens with zero attached hydrogens (tertiary/aromatic N) is 2. The second kappa shape index (κ2) is 6.68. The van der Waals surface area contributed by atoms with Gasteiger partial charge in [0.25, 0.3) is 0 Å². The number of benzene rings is 1. The highest BCUT2D eigenvalue weighted by Gasteiger charge is 2.22. The van der Waals surface area contributed by atoms with Crippen LogP contribution in [0, 0.1) is 6.92 Å². The largest absolute Gasteiger partial charge is 0.480 e. The highest BCUT2D eigenvalue weighted by molar-refractivity contribution is 8.00. The molecule has 118 valence electrons. The summed E-state index contributed by atoms with van der Waals surface area (Å²) in [5.74, 6) is -0.808. The van der Waals surface area contributed by atoms with E-state index in [0.29, 0.717) is 6.42 Å². The Bertz CT molecular complexity index is 846. The zero-order valence-corrected chi connectivity index (χ0v) is 14.4. The average molecular weight is 344 g/mol. The maximum atomic E-state index is 11.4. The molecule has 4 nitrogen and oxygen atoms in total. The number of aliphatic carboxylic acids is 1. The van der Waals surface area contributed by atoms with Gasteiger partial charge in [0.1, 0.15) is 21.4 Å². The lowest BCUT2D eigenvalue weighted by molar-refractivity contribution is -0.136. The molecule has 0 aliphatic carbocycles. The summed E-state index contributed by atoms with van der Waals surface area (Å²) < 4.78 is 0. The lowest BCUT2D eigenvalue weighted by atomic mass is 10.0. The fourth-order valence-corrected chi connectivity index (χ4v) is 4.54. The molecule has 0 saturated heterocycles. The number of fused-ring (bicyclic) bond motifs is 1. The van der Waals surface area contributed by atoms with Gasteiger partial charge in [-0.1, -0.05) is 49.0 Å². The van der Waals surface area contributed by atoms with Crippen LogP contribution in [0.2, 0.25) is 0 Å². The summed E-state index contributed by atoms with van der Waals surface area (Å²) in [7, 11) is 0. The van der Waals surface area contributed by atoms with Crippen LogP contribution in [-0.2, 0) is 4.79 Å². The Kier molecular flexibility index (Phi) is 4.63. The number of hydrogen-bond acceptors (Lipinski definition) is 5. The average Bonchev–Trinajstić information content (AvgIpc) is 2.89. The summed E-state index contributed by atoms with van der Waals surface area (Å²) in [5.41, 5.74) is 2.21. The van der Waals surface area contributed by atoms with Gasteiger partial charge in [-0.15, -0.1) is 11.3 Å². The van der Waals surface area contributed by atoms with Crippen LogP contribution in [0.4, 0.5) is 0 Å². The minimum Gasteiger partial charge on any atom is -0.480 e. The molecule has 1 atom stereocenters. The van der Waals surface area contributed by atoms with Crippen LogP contribution in [0.15, 0.2) is 41.7 Å². The third kappa shape index (κ3) is 3.09. The van der Waals surface area contributed by atoms with E-state index in [9.17, 15) is 9.90 Å². The summed E-state index contributed by atoms with van der Waals surface area (Å²) >= 11 is 2.92. The van der Waals surface area contributed by atoms with Gasteiger partial charge >= 0.3 is 5.97 Å². The van der Waals surface area contributed by atoms with Crippen LogP contribution in [0.5, 0.6) is 0 Å². The predicted molar refractivity (Wildman–Crippen MR) is 95.2 cm³/mol. The Morgan fingerprint density at radius 3 is 2.70 bits per heavy atom. The van der Waals surface area contributed by atoms with Crippen LogP contribution in [0.1, 0.15) is 18.2 Å². The van der Waals surface area contributed by atoms with Crippen molar-refractivity contribution in [3.05, 3.63) is 41.5 Å². The molecule has 0 aliphatic rings. The number of thioether (sulfide) groups is 1. The number of hydrogen-bond donors (Lipinski definition) is 1. The van der Waals surface area contributed by atoms with Gasteiger partial charge in [0.2, 0.25) is 0 Å². The predicted octanol–water partition coefficient (Wildman–Crippen LogP) is 4.62. The van der Waals surface area contributed by atoms with Crippen molar-refractivity contribution in [1.82, 2.24) is 9.97 Å². The van der Waals surface area contributed by atoms with Gasteiger partial charge in [0.15, 0.2) is 0 Å². The van der Waals surface area contributed by atoms with Gasteiger partial charge in [-0.25, -0.2) is 9.97 Å². The maximum Gasteiger partial charge on any atom is 0.317 e. The van der Waals surface area contributed by atoms with Gasteiger partial charge in [-0.3, -0.25) is 4.79 Å². The number of carboxylic acids is 1. The molecular formula is C17H16N2O2S2. The summed E-state index contributed by atoms with van der Waals surface area (Å²) in [6.45, 7) is 3.94. The standard InChI is InChI=1S/C17H16N2O2S2/c1-3-12(17(20)21)23-16-14-13(11-7-5-4-6-8-11)10(2)22-15(14)18-9-19-16/h4-9,12H,3H2,1-2H3,(H,20,21). The first-order valence-corrected chi connectivity index (χ1v) is 9.00. The van der Waals surface area contributed by atoms with Gasteiger partial charge in [-0.05, 0) is 18.9 Å². The van der Waals surface area contributed by atoms with Gasteiger partial charge < -0.3 is 5.11 Å². The molecule has 0 bridgehead atoms. The molecule has 2 heterocycles. The van der Waals surface area contributed by atoms with E-state index in [0.717, 1.165) is 31.2 Å². The fraction of sp³-hybridized carbons (Fsp3) is 0.235. The van der Waals surface area contributed by atoms with Crippen molar-refractivity contribution in [2.24, 2.45) is 0 Å². The number of carboxylic acid groups (broad SMARTS) is 1. The van der Waals surface area contributed by atoms with Crippen LogP contribution in [-0.4, -0.2) is 26.3 Å². The Labute approximate surface area is 142 Å². The summed E-state index contributed by atoms with van der Waals surface area (Å²) in [5, 5.41) is 10.5. The molecule has 1 unspecified atom stereocenters. The molecule has 0 spiro atoms. The van der Waals surface area contributed by atoms with E-state index in [1.54, 1.807) is 11.3 Å². The third-order valence-electron chi connectivity index (χ3n) is 3.59. The van der Waals surface area contributed by atoms with E-state index >= 15 is 0 Å². The van der Waals surface area contributed by atoms with Crippen molar-refractivity contribution in [3.8, 4) is 11.1 Å². The summed E-state index contributed by atoms with van der Waals surface area (Å²) in [6.07, 6.45) is 2.07. The summed E-state index contributed by atoms with van der Waals surface area (Å²) in [6, 6.07) is 10.1. The van der Waals surface area contributed by atoms with E-state index < -0.39 is 11.2 Å². The SMILES string of the molecule is CCC(Sc1ncnc2sc(C)c(-c3ccccc3)c12)C(=O)O. The van der Waals surface area contributed by atoms with E-state index in [1.165, 1.54) is 18.1 Å². The Hall–Kier alpha value is -1.92. The Balaban J connectivity index is 2.18. The monoisotopic (exact) mass is 344 g/mol. The third-order valence-corrected chi connectivity index (χ3v) is 5.96. The van der Waals surface area contributed by atoms with Crippen molar-refractivity contribution in [3.63, 3.8) is 0 Å². The quantitative estimate of drug-likeness (QED) is 0.540. The van der Waals surface area contributed by atoms with Gasteiger partial charge in [0.05, 0.1) is 5.39 Å². The van der Waals surface area contributed by atoms with E-state index in [2.05, 4.69) is 29.0 Å². The first kappa shape index (κ1) is 16.0. The van der Waals surface area contributed by atoms with Crippen molar-refractivity contribution in [2.75, 3.05) is 0 Å². The molecule has 0 fully saturated rings. The molecule has 0 radical (unpaired) electrons. The van der Waals surface area contributed by atoms with Crippen molar-refractivity contribution in [1.29, 1.82) is 0 Å². The molecule has 0 aliphatic heterocycles. The van der Waals surface area contributed by atoms with E-state index in [1.807, 2.05) is 25.1 Å². The van der Waals surface area contributed by atoms with Crippen LogP contribution < -0.4 is 0 Å². The molecule has 0 amide bonds. The number of aromatic nitrogens is 2. The number of aryl methyl sites for hydroxylation is 1. The molecular weight excluding hydrogens is 328 g/mol. The number of thiophene rings is 1. The molecule has 3 aromatic rings. The number of rotatable bonds is 5. The molecule has 6 heteroatoms. The normalized spacial score (nSPS) is 12.4. The van der Waals surface area contributed by atoms with Gasteiger partial charge in [-0.2, -0.15) is 0 Å². The zero-order chi connectivity index (χ0) is 16.4. The van der Waals surface area contributed by atoms with Crippen molar-refractivity contribution >= 4 is 39.3 Å².